The van der Waals surface area contributed by atoms with Crippen molar-refractivity contribution in [2.45, 2.75) is 5.79 Å². The first kappa shape index (κ1) is 15.7. The van der Waals surface area contributed by atoms with E-state index < -0.39 is 5.79 Å². The Balaban J connectivity index is 2.65. The molecule has 19 heavy (non-hydrogen) atoms. The average Bonchev–Trinajstić information content (AvgIpc) is 2.41. The Labute approximate surface area is 144 Å². The maximum absolute atomic E-state index is 10.4. The predicted molar refractivity (Wildman–Crippen MR) is 88.9 cm³/mol. The minimum absolute atomic E-state index is 0.348. The highest BCUT2D eigenvalue weighted by molar-refractivity contribution is 9.15. The summed E-state index contributed by atoms with van der Waals surface area (Å²) < 4.78 is 2.81. The van der Waals surface area contributed by atoms with Gasteiger partial charge in [-0.2, -0.15) is 0 Å². The Bertz CT molecular complexity index is 612. The van der Waals surface area contributed by atoms with E-state index in [9.17, 15) is 10.2 Å². The van der Waals surface area contributed by atoms with Gasteiger partial charge in [-0.25, -0.2) is 0 Å². The zero-order valence-electron chi connectivity index (χ0n) is 9.37. The van der Waals surface area contributed by atoms with Crippen LogP contribution in [0.25, 0.3) is 0 Å². The normalized spacial score (nSPS) is 11.7. The average molecular weight is 516 g/mol. The predicted octanol–water partition coefficient (Wildman–Crippen LogP) is 4.92. The molecule has 0 aliphatic heterocycles. The lowest BCUT2D eigenvalue weighted by molar-refractivity contribution is -0.132. The largest absolute Gasteiger partial charge is 0.358 e. The maximum atomic E-state index is 10.4. The summed E-state index contributed by atoms with van der Waals surface area (Å²) in [5, 5.41) is 20.9. The van der Waals surface area contributed by atoms with Crippen LogP contribution in [0, 0.1) is 0 Å². The topological polar surface area (TPSA) is 40.5 Å². The van der Waals surface area contributed by atoms with Gasteiger partial charge in [-0.05, 0) is 69.8 Å². The molecule has 0 aliphatic rings. The summed E-state index contributed by atoms with van der Waals surface area (Å²) in [5.41, 5.74) is 0.748. The van der Waals surface area contributed by atoms with Crippen molar-refractivity contribution in [3.63, 3.8) is 0 Å². The van der Waals surface area contributed by atoms with Gasteiger partial charge in [-0.1, -0.05) is 30.3 Å². The molecule has 2 aromatic rings. The van der Waals surface area contributed by atoms with E-state index in [1.807, 2.05) is 6.07 Å². The molecule has 0 heterocycles. The van der Waals surface area contributed by atoms with Crippen molar-refractivity contribution in [1.29, 1.82) is 0 Å². The summed E-state index contributed by atoms with van der Waals surface area (Å²) in [4.78, 5) is 0. The lowest BCUT2D eigenvalue weighted by Gasteiger charge is -2.25. The van der Waals surface area contributed by atoms with Crippen LogP contribution in [0.3, 0.4) is 0 Å². The third-order valence-corrected chi connectivity index (χ3v) is 7.32. The summed E-state index contributed by atoms with van der Waals surface area (Å²) in [6.07, 6.45) is 0. The summed E-state index contributed by atoms with van der Waals surface area (Å²) in [6.45, 7) is 0. The molecule has 0 spiro atoms. The second kappa shape index (κ2) is 5.95. The third kappa shape index (κ3) is 2.99. The molecule has 0 unspecified atom stereocenters. The second-order valence-electron chi connectivity index (χ2n) is 3.89. The molecule has 2 nitrogen and oxygen atoms in total. The highest BCUT2D eigenvalue weighted by Crippen LogP contribution is 2.43. The molecule has 0 amide bonds. The van der Waals surface area contributed by atoms with Gasteiger partial charge in [-0.3, -0.25) is 0 Å². The number of hydrogen-bond acceptors (Lipinski definition) is 2. The maximum Gasteiger partial charge on any atom is 0.218 e. The van der Waals surface area contributed by atoms with Gasteiger partial charge in [-0.15, -0.1) is 0 Å². The number of rotatable bonds is 2. The van der Waals surface area contributed by atoms with Crippen LogP contribution in [0.15, 0.2) is 54.3 Å². The summed E-state index contributed by atoms with van der Waals surface area (Å²) in [5.74, 6) is -2.08. The van der Waals surface area contributed by atoms with E-state index in [1.54, 1.807) is 30.3 Å². The summed E-state index contributed by atoms with van der Waals surface area (Å²) in [7, 11) is 0. The third-order valence-electron chi connectivity index (χ3n) is 2.65. The first-order chi connectivity index (χ1) is 8.85. The van der Waals surface area contributed by atoms with Gasteiger partial charge >= 0.3 is 0 Å². The molecule has 2 rings (SSSR count). The van der Waals surface area contributed by atoms with Crippen LogP contribution in [-0.4, -0.2) is 10.2 Å². The minimum atomic E-state index is -2.08. The van der Waals surface area contributed by atoms with Crippen LogP contribution in [0.1, 0.15) is 11.1 Å². The Hall–Kier alpha value is 0.280. The van der Waals surface area contributed by atoms with Crippen LogP contribution >= 0.6 is 63.7 Å². The van der Waals surface area contributed by atoms with Crippen molar-refractivity contribution in [1.82, 2.24) is 0 Å². The molecule has 100 valence electrons. The lowest BCUT2D eigenvalue weighted by atomic mass is 9.98. The Morgan fingerprint density at radius 3 is 1.95 bits per heavy atom. The van der Waals surface area contributed by atoms with Crippen LogP contribution in [0.2, 0.25) is 0 Å². The van der Waals surface area contributed by atoms with Gasteiger partial charge in [0.2, 0.25) is 5.79 Å². The van der Waals surface area contributed by atoms with E-state index in [2.05, 4.69) is 63.7 Å². The first-order valence-corrected chi connectivity index (χ1v) is 8.36. The van der Waals surface area contributed by atoms with Crippen LogP contribution < -0.4 is 0 Å². The first-order valence-electron chi connectivity index (χ1n) is 5.19. The second-order valence-corrected chi connectivity index (χ2v) is 7.12. The molecule has 6 heteroatoms. The van der Waals surface area contributed by atoms with Crippen LogP contribution in [0.5, 0.6) is 0 Å². The molecule has 0 bridgehead atoms. The van der Waals surface area contributed by atoms with E-state index in [0.717, 1.165) is 8.95 Å². The Kier molecular flexibility index (Phi) is 4.91. The number of benzene rings is 2. The van der Waals surface area contributed by atoms with Crippen molar-refractivity contribution in [2.24, 2.45) is 0 Å². The zero-order valence-corrected chi connectivity index (χ0v) is 15.7. The molecular weight excluding hydrogens is 508 g/mol. The smallest absolute Gasteiger partial charge is 0.218 e. The lowest BCUT2D eigenvalue weighted by Crippen LogP contribution is -2.27. The fourth-order valence-corrected chi connectivity index (χ4v) is 3.94. The standard InChI is InChI=1S/C13H8Br4O2/c14-9-6-8(10(15)12(17)11(9)16)13(18,19)7-4-2-1-3-5-7/h1-6,18-19H. The molecule has 0 aromatic heterocycles. The number of hydrogen-bond donors (Lipinski definition) is 2. The zero-order chi connectivity index (χ0) is 14.2. The molecule has 0 saturated carbocycles. The Morgan fingerprint density at radius 1 is 0.789 bits per heavy atom. The molecule has 0 aliphatic carbocycles. The van der Waals surface area contributed by atoms with E-state index in [-0.39, 0.29) is 0 Å². The highest BCUT2D eigenvalue weighted by Gasteiger charge is 2.32. The number of halogens is 4. The van der Waals surface area contributed by atoms with Crippen LogP contribution in [-0.2, 0) is 5.79 Å². The van der Waals surface area contributed by atoms with Crippen molar-refractivity contribution in [2.75, 3.05) is 0 Å². The van der Waals surface area contributed by atoms with Crippen LogP contribution in [0.4, 0.5) is 0 Å². The van der Waals surface area contributed by atoms with E-state index >= 15 is 0 Å². The van der Waals surface area contributed by atoms with E-state index in [1.165, 1.54) is 0 Å². The molecule has 0 fully saturated rings. The molecule has 2 aromatic carbocycles. The summed E-state index contributed by atoms with van der Waals surface area (Å²) in [6, 6.07) is 10.3. The van der Waals surface area contributed by atoms with E-state index in [4.69, 9.17) is 0 Å². The molecular formula is C13H8Br4O2. The highest BCUT2D eigenvalue weighted by atomic mass is 79.9. The van der Waals surface area contributed by atoms with Gasteiger partial charge in [0.25, 0.3) is 0 Å². The monoisotopic (exact) mass is 512 g/mol. The van der Waals surface area contributed by atoms with Gasteiger partial charge in [0, 0.05) is 29.0 Å². The van der Waals surface area contributed by atoms with Gasteiger partial charge < -0.3 is 10.2 Å². The quantitative estimate of drug-likeness (QED) is 0.339. The SMILES string of the molecule is OC(O)(c1ccccc1)c1cc(Br)c(Br)c(Br)c1Br. The number of aliphatic hydroxyl groups is 2. The summed E-state index contributed by atoms with van der Waals surface area (Å²) >= 11 is 13.6. The molecule has 0 atom stereocenters. The molecule has 0 saturated heterocycles. The van der Waals surface area contributed by atoms with Gasteiger partial charge in [0.05, 0.1) is 0 Å². The molecule has 0 radical (unpaired) electrons. The fourth-order valence-electron chi connectivity index (χ4n) is 1.65. The Morgan fingerprint density at radius 2 is 1.37 bits per heavy atom. The van der Waals surface area contributed by atoms with Crippen molar-refractivity contribution in [3.8, 4) is 0 Å². The fraction of sp³-hybridized carbons (Fsp3) is 0.0769. The van der Waals surface area contributed by atoms with Crippen molar-refractivity contribution >= 4 is 63.7 Å². The van der Waals surface area contributed by atoms with Crippen molar-refractivity contribution < 1.29 is 10.2 Å². The van der Waals surface area contributed by atoms with Crippen molar-refractivity contribution in [3.05, 3.63) is 65.4 Å². The van der Waals surface area contributed by atoms with Gasteiger partial charge in [0.15, 0.2) is 0 Å². The van der Waals surface area contributed by atoms with E-state index in [0.29, 0.717) is 20.1 Å². The minimum Gasteiger partial charge on any atom is -0.358 e. The molecule has 2 N–H and O–H groups in total. The van der Waals surface area contributed by atoms with Gasteiger partial charge in [0.1, 0.15) is 0 Å².